The van der Waals surface area contributed by atoms with Crippen molar-refractivity contribution in [2.45, 2.75) is 11.3 Å². The highest BCUT2D eigenvalue weighted by Gasteiger charge is 2.07. The number of aromatic nitrogens is 3. The first-order valence-corrected chi connectivity index (χ1v) is 6.17. The molecular weight excluding hydrogens is 238 g/mol. The number of benzene rings is 1. The van der Waals surface area contributed by atoms with Gasteiger partial charge in [0.1, 0.15) is 18.7 Å². The molecule has 0 radical (unpaired) electrons. The number of aromatic amines is 1. The van der Waals surface area contributed by atoms with E-state index in [1.807, 2.05) is 30.3 Å². The zero-order valence-electron chi connectivity index (χ0n) is 9.11. The number of ether oxygens (including phenoxy) is 1. The second-order valence-electron chi connectivity index (χ2n) is 3.38. The van der Waals surface area contributed by atoms with Crippen LogP contribution >= 0.6 is 11.8 Å². The lowest BCUT2D eigenvalue weighted by Crippen LogP contribution is -2.20. The molecule has 0 fully saturated rings. The van der Waals surface area contributed by atoms with E-state index in [1.54, 1.807) is 0 Å². The minimum atomic E-state index is -0.537. The fourth-order valence-electron chi connectivity index (χ4n) is 1.20. The maximum atomic E-state index is 9.70. The van der Waals surface area contributed by atoms with Crippen LogP contribution < -0.4 is 4.74 Å². The van der Waals surface area contributed by atoms with E-state index in [0.717, 1.165) is 5.75 Å². The lowest BCUT2D eigenvalue weighted by molar-refractivity contribution is 0.126. The van der Waals surface area contributed by atoms with Crippen molar-refractivity contribution < 1.29 is 9.84 Å². The molecule has 0 unspecified atom stereocenters. The van der Waals surface area contributed by atoms with Gasteiger partial charge in [0.05, 0.1) is 6.10 Å². The molecule has 1 aromatic heterocycles. The minimum absolute atomic E-state index is 0.269. The van der Waals surface area contributed by atoms with E-state index in [0.29, 0.717) is 10.9 Å². The van der Waals surface area contributed by atoms with Gasteiger partial charge in [-0.25, -0.2) is 4.98 Å². The third-order valence-corrected chi connectivity index (χ3v) is 3.01. The number of H-pyrrole nitrogens is 1. The molecule has 1 aromatic carbocycles. The predicted octanol–water partition coefficient (Wildman–Crippen LogP) is 1.34. The van der Waals surface area contributed by atoms with Gasteiger partial charge in [0.25, 0.3) is 0 Å². The van der Waals surface area contributed by atoms with E-state index in [-0.39, 0.29) is 6.61 Å². The van der Waals surface area contributed by atoms with Gasteiger partial charge in [0.15, 0.2) is 5.16 Å². The number of nitrogens with one attached hydrogen (secondary N) is 1. The number of aliphatic hydroxyl groups excluding tert-OH is 1. The highest BCUT2D eigenvalue weighted by molar-refractivity contribution is 7.99. The molecule has 2 aromatic rings. The molecule has 5 nitrogen and oxygen atoms in total. The Labute approximate surface area is 103 Å². The van der Waals surface area contributed by atoms with Gasteiger partial charge in [-0.15, -0.1) is 0 Å². The molecule has 1 heterocycles. The van der Waals surface area contributed by atoms with Gasteiger partial charge in [-0.05, 0) is 12.1 Å². The average molecular weight is 251 g/mol. The Morgan fingerprint density at radius 3 is 2.88 bits per heavy atom. The first kappa shape index (κ1) is 11.9. The van der Waals surface area contributed by atoms with Crippen LogP contribution in [0.2, 0.25) is 0 Å². The monoisotopic (exact) mass is 251 g/mol. The minimum Gasteiger partial charge on any atom is -0.491 e. The summed E-state index contributed by atoms with van der Waals surface area (Å²) in [6.45, 7) is 0.269. The normalized spacial score (nSPS) is 12.3. The number of hydrogen-bond acceptors (Lipinski definition) is 5. The van der Waals surface area contributed by atoms with Crippen molar-refractivity contribution in [1.82, 2.24) is 15.2 Å². The zero-order valence-corrected chi connectivity index (χ0v) is 9.93. The Hall–Kier alpha value is -1.53. The second kappa shape index (κ2) is 6.27. The van der Waals surface area contributed by atoms with Crippen molar-refractivity contribution in [2.75, 3.05) is 12.4 Å². The van der Waals surface area contributed by atoms with Crippen molar-refractivity contribution in [3.8, 4) is 5.75 Å². The topological polar surface area (TPSA) is 71.0 Å². The fourth-order valence-corrected chi connectivity index (χ4v) is 1.88. The van der Waals surface area contributed by atoms with E-state index in [1.165, 1.54) is 18.1 Å². The third kappa shape index (κ3) is 4.08. The summed E-state index contributed by atoms with van der Waals surface area (Å²) < 4.78 is 5.43. The molecule has 6 heteroatoms. The number of para-hydroxylation sites is 1. The van der Waals surface area contributed by atoms with Gasteiger partial charge in [-0.2, -0.15) is 5.10 Å². The predicted molar refractivity (Wildman–Crippen MR) is 65.1 cm³/mol. The Morgan fingerprint density at radius 1 is 1.35 bits per heavy atom. The van der Waals surface area contributed by atoms with Crippen LogP contribution in [0.3, 0.4) is 0 Å². The summed E-state index contributed by atoms with van der Waals surface area (Å²) in [5, 5.41) is 16.8. The van der Waals surface area contributed by atoms with Crippen molar-refractivity contribution in [2.24, 2.45) is 0 Å². The molecule has 0 spiro atoms. The van der Waals surface area contributed by atoms with Gasteiger partial charge < -0.3 is 9.84 Å². The van der Waals surface area contributed by atoms with Gasteiger partial charge in [-0.3, -0.25) is 5.10 Å². The molecule has 0 amide bonds. The number of hydrogen-bond donors (Lipinski definition) is 2. The van der Waals surface area contributed by atoms with Gasteiger partial charge in [-0.1, -0.05) is 30.0 Å². The molecule has 2 N–H and O–H groups in total. The summed E-state index contributed by atoms with van der Waals surface area (Å²) >= 11 is 1.41. The van der Waals surface area contributed by atoms with Crippen LogP contribution in [-0.2, 0) is 0 Å². The van der Waals surface area contributed by atoms with Crippen LogP contribution in [0.25, 0.3) is 0 Å². The number of thioether (sulfide) groups is 1. The van der Waals surface area contributed by atoms with Crippen LogP contribution in [0.4, 0.5) is 0 Å². The van der Waals surface area contributed by atoms with E-state index in [9.17, 15) is 5.11 Å². The lowest BCUT2D eigenvalue weighted by atomic mass is 10.3. The highest BCUT2D eigenvalue weighted by atomic mass is 32.2. The fraction of sp³-hybridized carbons (Fsp3) is 0.273. The van der Waals surface area contributed by atoms with E-state index in [2.05, 4.69) is 15.2 Å². The van der Waals surface area contributed by atoms with Gasteiger partial charge >= 0.3 is 0 Å². The van der Waals surface area contributed by atoms with Gasteiger partial charge in [0, 0.05) is 5.75 Å². The SMILES string of the molecule is O[C@@H](COc1ccccc1)CSc1ncn[nH]1. The molecule has 0 aliphatic rings. The second-order valence-corrected chi connectivity index (χ2v) is 4.39. The maximum absolute atomic E-state index is 9.70. The molecule has 17 heavy (non-hydrogen) atoms. The average Bonchev–Trinajstić information content (AvgIpc) is 2.88. The van der Waals surface area contributed by atoms with Crippen molar-refractivity contribution in [3.05, 3.63) is 36.7 Å². The Kier molecular flexibility index (Phi) is 4.40. The summed E-state index contributed by atoms with van der Waals surface area (Å²) in [7, 11) is 0. The molecule has 0 bridgehead atoms. The molecule has 2 rings (SSSR count). The summed E-state index contributed by atoms with van der Waals surface area (Å²) in [5.74, 6) is 1.28. The van der Waals surface area contributed by atoms with Crippen molar-refractivity contribution >= 4 is 11.8 Å². The summed E-state index contributed by atoms with van der Waals surface area (Å²) in [4.78, 5) is 3.95. The largest absolute Gasteiger partial charge is 0.491 e. The number of rotatable bonds is 6. The van der Waals surface area contributed by atoms with E-state index < -0.39 is 6.10 Å². The standard InChI is InChI=1S/C11H13N3O2S/c15-9(7-17-11-12-8-13-14-11)6-16-10-4-2-1-3-5-10/h1-5,8-9,15H,6-7H2,(H,12,13,14)/t9-/m0/s1. The molecular formula is C11H13N3O2S. The third-order valence-electron chi connectivity index (χ3n) is 1.99. The Morgan fingerprint density at radius 2 is 2.18 bits per heavy atom. The number of aliphatic hydroxyl groups is 1. The van der Waals surface area contributed by atoms with Crippen LogP contribution in [-0.4, -0.2) is 38.8 Å². The molecule has 0 saturated heterocycles. The van der Waals surface area contributed by atoms with Crippen molar-refractivity contribution in [1.29, 1.82) is 0 Å². The molecule has 1 atom stereocenters. The highest BCUT2D eigenvalue weighted by Crippen LogP contribution is 2.13. The lowest BCUT2D eigenvalue weighted by Gasteiger charge is -2.10. The van der Waals surface area contributed by atoms with Gasteiger partial charge in [0.2, 0.25) is 0 Å². The quantitative estimate of drug-likeness (QED) is 0.758. The summed E-state index contributed by atoms with van der Waals surface area (Å²) in [6.07, 6.45) is 0.903. The van der Waals surface area contributed by atoms with Crippen LogP contribution in [0.1, 0.15) is 0 Å². The summed E-state index contributed by atoms with van der Waals surface area (Å²) in [5.41, 5.74) is 0. The molecule has 0 saturated carbocycles. The maximum Gasteiger partial charge on any atom is 0.183 e. The first-order chi connectivity index (χ1) is 8.34. The number of nitrogens with zero attached hydrogens (tertiary/aromatic N) is 2. The van der Waals surface area contributed by atoms with E-state index >= 15 is 0 Å². The van der Waals surface area contributed by atoms with Crippen LogP contribution in [0, 0.1) is 0 Å². The van der Waals surface area contributed by atoms with E-state index in [4.69, 9.17) is 4.74 Å². The van der Waals surface area contributed by atoms with Crippen LogP contribution in [0.5, 0.6) is 5.75 Å². The zero-order chi connectivity index (χ0) is 11.9. The Bertz CT molecular complexity index is 422. The van der Waals surface area contributed by atoms with Crippen molar-refractivity contribution in [3.63, 3.8) is 0 Å². The molecule has 0 aliphatic carbocycles. The Balaban J connectivity index is 1.69. The van der Waals surface area contributed by atoms with Crippen LogP contribution in [0.15, 0.2) is 41.8 Å². The summed E-state index contributed by atoms with van der Waals surface area (Å²) in [6, 6.07) is 9.42. The molecule has 0 aliphatic heterocycles. The first-order valence-electron chi connectivity index (χ1n) is 5.18. The smallest absolute Gasteiger partial charge is 0.183 e. The molecule has 90 valence electrons.